The monoisotopic (exact) mass is 509 g/mol. The molecule has 1 aromatic carbocycles. The minimum atomic E-state index is -1.10. The van der Waals surface area contributed by atoms with Gasteiger partial charge in [0, 0.05) is 16.6 Å². The lowest BCUT2D eigenvalue weighted by Gasteiger charge is -2.12. The zero-order chi connectivity index (χ0) is 24.3. The number of carbonyl (C=O) groups excluding carboxylic acids is 3. The van der Waals surface area contributed by atoms with E-state index in [4.69, 9.17) is 32.7 Å². The number of aryl methyl sites for hydroxylation is 1. The van der Waals surface area contributed by atoms with Crippen LogP contribution in [0.1, 0.15) is 46.0 Å². The van der Waals surface area contributed by atoms with Crippen molar-refractivity contribution >= 4 is 57.5 Å². The molecule has 1 amide bonds. The van der Waals surface area contributed by atoms with Crippen LogP contribution in [0.2, 0.25) is 10.0 Å². The molecule has 0 aliphatic carbocycles. The number of carbonyl (C=O) groups is 3. The maximum atomic E-state index is 12.7. The third-order valence-electron chi connectivity index (χ3n) is 4.72. The summed E-state index contributed by atoms with van der Waals surface area (Å²) in [5.74, 6) is -1.84. The Balaban J connectivity index is 1.67. The van der Waals surface area contributed by atoms with Gasteiger partial charge in [-0.25, -0.2) is 14.6 Å². The minimum absolute atomic E-state index is 0.177. The Labute approximate surface area is 204 Å². The zero-order valence-corrected chi connectivity index (χ0v) is 20.6. The van der Waals surface area contributed by atoms with Crippen molar-refractivity contribution in [3.63, 3.8) is 0 Å². The Kier molecular flexibility index (Phi) is 7.78. The van der Waals surface area contributed by atoms with Gasteiger partial charge in [0.15, 0.2) is 11.2 Å². The number of halogens is 2. The predicted molar refractivity (Wildman–Crippen MR) is 127 cm³/mol. The summed E-state index contributed by atoms with van der Waals surface area (Å²) in [5, 5.41) is 5.56. The quantitative estimate of drug-likeness (QED) is 0.411. The average Bonchev–Trinajstić information content (AvgIpc) is 3.34. The number of rotatable bonds is 7. The van der Waals surface area contributed by atoms with Gasteiger partial charge in [-0.05, 0) is 45.4 Å². The van der Waals surface area contributed by atoms with Crippen molar-refractivity contribution in [2.45, 2.75) is 33.8 Å². The van der Waals surface area contributed by atoms with Gasteiger partial charge in [0.05, 0.1) is 27.9 Å². The van der Waals surface area contributed by atoms with Crippen molar-refractivity contribution in [2.24, 2.45) is 0 Å². The molecule has 33 heavy (non-hydrogen) atoms. The summed E-state index contributed by atoms with van der Waals surface area (Å²) in [7, 11) is 0. The Morgan fingerprint density at radius 1 is 1.18 bits per heavy atom. The highest BCUT2D eigenvalue weighted by molar-refractivity contribution is 7.14. The van der Waals surface area contributed by atoms with Gasteiger partial charge in [-0.3, -0.25) is 10.1 Å². The first kappa shape index (κ1) is 24.8. The number of esters is 2. The Morgan fingerprint density at radius 3 is 2.58 bits per heavy atom. The number of aromatic amines is 1. The molecule has 0 bridgehead atoms. The summed E-state index contributed by atoms with van der Waals surface area (Å²) in [6.45, 7) is 6.59. The maximum absolute atomic E-state index is 12.7. The van der Waals surface area contributed by atoms with Crippen LogP contribution in [0.4, 0.5) is 5.13 Å². The molecule has 0 saturated carbocycles. The second kappa shape index (κ2) is 10.4. The molecular weight excluding hydrogens is 489 g/mol. The summed E-state index contributed by atoms with van der Waals surface area (Å²) in [6, 6.07) is 5.11. The number of nitrogens with zero attached hydrogens (tertiary/aromatic N) is 1. The molecule has 0 fully saturated rings. The van der Waals surface area contributed by atoms with Crippen LogP contribution in [-0.2, 0) is 14.3 Å². The number of ether oxygens (including phenoxy) is 2. The van der Waals surface area contributed by atoms with E-state index >= 15 is 0 Å². The van der Waals surface area contributed by atoms with Crippen LogP contribution in [0.3, 0.4) is 0 Å². The summed E-state index contributed by atoms with van der Waals surface area (Å²) < 4.78 is 10.3. The van der Waals surface area contributed by atoms with Gasteiger partial charge in [0.1, 0.15) is 5.69 Å². The van der Waals surface area contributed by atoms with Crippen molar-refractivity contribution in [3.05, 3.63) is 56.1 Å². The lowest BCUT2D eigenvalue weighted by atomic mass is 10.1. The average molecular weight is 510 g/mol. The molecule has 2 aromatic heterocycles. The Hall–Kier alpha value is -2.88. The molecule has 8 nitrogen and oxygen atoms in total. The van der Waals surface area contributed by atoms with Crippen LogP contribution < -0.4 is 5.32 Å². The van der Waals surface area contributed by atoms with Gasteiger partial charge in [-0.15, -0.1) is 11.3 Å². The number of benzene rings is 1. The second-order valence-corrected chi connectivity index (χ2v) is 8.72. The third-order valence-corrected chi connectivity index (χ3v) is 6.22. The summed E-state index contributed by atoms with van der Waals surface area (Å²) >= 11 is 13.2. The lowest BCUT2D eigenvalue weighted by molar-refractivity contribution is -0.123. The van der Waals surface area contributed by atoms with Gasteiger partial charge in [0.2, 0.25) is 0 Å². The predicted octanol–water partition coefficient (Wildman–Crippen LogP) is 5.42. The van der Waals surface area contributed by atoms with Crippen LogP contribution in [0.5, 0.6) is 0 Å². The molecule has 0 spiro atoms. The zero-order valence-electron chi connectivity index (χ0n) is 18.2. The molecule has 0 aliphatic heterocycles. The fourth-order valence-electron chi connectivity index (χ4n) is 3.06. The summed E-state index contributed by atoms with van der Waals surface area (Å²) in [5.41, 5.74) is 2.57. The van der Waals surface area contributed by atoms with Crippen molar-refractivity contribution in [3.8, 4) is 11.3 Å². The van der Waals surface area contributed by atoms with Crippen LogP contribution in [0, 0.1) is 13.8 Å². The highest BCUT2D eigenvalue weighted by Gasteiger charge is 2.27. The van der Waals surface area contributed by atoms with Gasteiger partial charge in [-0.2, -0.15) is 0 Å². The Bertz CT molecular complexity index is 1220. The highest BCUT2D eigenvalue weighted by Crippen LogP contribution is 2.30. The number of thiazole rings is 1. The van der Waals surface area contributed by atoms with Gasteiger partial charge in [0.25, 0.3) is 5.91 Å². The van der Waals surface area contributed by atoms with E-state index in [9.17, 15) is 14.4 Å². The lowest BCUT2D eigenvalue weighted by Crippen LogP contribution is -2.30. The number of hydrogen-bond donors (Lipinski definition) is 2. The van der Waals surface area contributed by atoms with E-state index in [1.807, 2.05) is 0 Å². The largest absolute Gasteiger partial charge is 0.461 e. The van der Waals surface area contributed by atoms with E-state index in [0.29, 0.717) is 32.1 Å². The van der Waals surface area contributed by atoms with Gasteiger partial charge < -0.3 is 14.5 Å². The van der Waals surface area contributed by atoms with Crippen molar-refractivity contribution in [2.75, 3.05) is 11.9 Å². The summed E-state index contributed by atoms with van der Waals surface area (Å²) in [6.07, 6.45) is -1.10. The van der Waals surface area contributed by atoms with E-state index < -0.39 is 23.9 Å². The number of amides is 1. The summed E-state index contributed by atoms with van der Waals surface area (Å²) in [4.78, 5) is 44.5. The minimum Gasteiger partial charge on any atom is -0.461 e. The highest BCUT2D eigenvalue weighted by atomic mass is 35.5. The topological polar surface area (TPSA) is 110 Å². The van der Waals surface area contributed by atoms with Gasteiger partial charge >= 0.3 is 11.9 Å². The molecule has 3 aromatic rings. The first-order valence-corrected chi connectivity index (χ1v) is 11.5. The molecular formula is C22H21Cl2N3O5S. The molecule has 0 unspecified atom stereocenters. The third kappa shape index (κ3) is 5.55. The van der Waals surface area contributed by atoms with Crippen LogP contribution in [-0.4, -0.2) is 40.5 Å². The molecule has 174 valence electrons. The molecule has 11 heteroatoms. The number of nitrogens with one attached hydrogen (secondary N) is 2. The second-order valence-electron chi connectivity index (χ2n) is 7.05. The standard InChI is InChI=1S/C22H21Cl2N3O5S/c1-5-31-21(30)18-10(2)17(11(3)25-18)20(29)32-12(4)19(28)27-22-26-16(9-33-22)13-6-7-14(23)15(24)8-13/h6-9,12,25H,5H2,1-4H3,(H,26,27,28)/t12-/m0/s1. The molecule has 0 aliphatic rings. The van der Waals surface area contributed by atoms with E-state index in [2.05, 4.69) is 15.3 Å². The van der Waals surface area contributed by atoms with E-state index in [-0.39, 0.29) is 17.9 Å². The smallest absolute Gasteiger partial charge is 0.355 e. The van der Waals surface area contributed by atoms with Crippen LogP contribution in [0.15, 0.2) is 23.6 Å². The van der Waals surface area contributed by atoms with Crippen molar-refractivity contribution < 1.29 is 23.9 Å². The van der Waals surface area contributed by atoms with Crippen molar-refractivity contribution in [1.82, 2.24) is 9.97 Å². The molecule has 0 saturated heterocycles. The Morgan fingerprint density at radius 2 is 1.91 bits per heavy atom. The normalized spacial score (nSPS) is 11.7. The molecule has 2 N–H and O–H groups in total. The maximum Gasteiger partial charge on any atom is 0.355 e. The number of aromatic nitrogens is 2. The SMILES string of the molecule is CCOC(=O)c1[nH]c(C)c(C(=O)O[C@@H](C)C(=O)Nc2nc(-c3ccc(Cl)c(Cl)c3)cs2)c1C. The van der Waals surface area contributed by atoms with E-state index in [0.717, 1.165) is 5.56 Å². The van der Waals surface area contributed by atoms with Crippen LogP contribution >= 0.6 is 34.5 Å². The van der Waals surface area contributed by atoms with Crippen molar-refractivity contribution in [1.29, 1.82) is 0 Å². The number of anilines is 1. The first-order chi connectivity index (χ1) is 15.6. The van der Waals surface area contributed by atoms with E-state index in [1.54, 1.807) is 44.4 Å². The first-order valence-electron chi connectivity index (χ1n) is 9.91. The molecule has 3 rings (SSSR count). The van der Waals surface area contributed by atoms with E-state index in [1.165, 1.54) is 18.3 Å². The fraction of sp³-hybridized carbons (Fsp3) is 0.273. The number of H-pyrrole nitrogens is 1. The van der Waals surface area contributed by atoms with Crippen LogP contribution in [0.25, 0.3) is 11.3 Å². The number of hydrogen-bond acceptors (Lipinski definition) is 7. The van der Waals surface area contributed by atoms with Gasteiger partial charge in [-0.1, -0.05) is 29.3 Å². The molecule has 0 radical (unpaired) electrons. The fourth-order valence-corrected chi connectivity index (χ4v) is 4.08. The molecule has 1 atom stereocenters. The molecule has 2 heterocycles.